The van der Waals surface area contributed by atoms with Crippen molar-refractivity contribution in [3.05, 3.63) is 46.8 Å². The fraction of sp³-hybridized carbons (Fsp3) is 0.353. The number of rotatable bonds is 3. The first-order valence-electron chi connectivity index (χ1n) is 8.01. The van der Waals surface area contributed by atoms with E-state index in [1.807, 2.05) is 12.1 Å². The van der Waals surface area contributed by atoms with E-state index in [9.17, 15) is 0 Å². The summed E-state index contributed by atoms with van der Waals surface area (Å²) >= 11 is 7.69. The Morgan fingerprint density at radius 3 is 3.04 bits per heavy atom. The number of nitrogens with one attached hydrogen (secondary N) is 1. The molecule has 1 aliphatic rings. The van der Waals surface area contributed by atoms with E-state index in [1.54, 1.807) is 23.9 Å². The smallest absolute Gasteiger partial charge is 0.141 e. The molecule has 24 heavy (non-hydrogen) atoms. The normalized spacial score (nSPS) is 21.1. The number of aromatic nitrogens is 3. The number of hydrogen-bond acceptors (Lipinski definition) is 6. The molecule has 1 aliphatic heterocycles. The highest BCUT2D eigenvalue weighted by atomic mass is 35.5. The Morgan fingerprint density at radius 1 is 1.25 bits per heavy atom. The van der Waals surface area contributed by atoms with Crippen molar-refractivity contribution in [2.75, 3.05) is 11.9 Å². The van der Waals surface area contributed by atoms with Gasteiger partial charge in [-0.1, -0.05) is 11.6 Å². The second-order valence-corrected chi connectivity index (χ2v) is 7.31. The summed E-state index contributed by atoms with van der Waals surface area (Å²) in [7, 11) is 2.10. The Balaban J connectivity index is 1.58. The second-order valence-electron chi connectivity index (χ2n) is 6.03. The number of anilines is 1. The molecular formula is C17H18ClN5S. The molecule has 0 spiro atoms. The van der Waals surface area contributed by atoms with Crippen molar-refractivity contribution >= 4 is 39.0 Å². The van der Waals surface area contributed by atoms with Gasteiger partial charge in [0.1, 0.15) is 22.1 Å². The van der Waals surface area contributed by atoms with E-state index in [4.69, 9.17) is 11.6 Å². The van der Waals surface area contributed by atoms with Crippen molar-refractivity contribution in [1.82, 2.24) is 20.3 Å². The van der Waals surface area contributed by atoms with Crippen molar-refractivity contribution < 1.29 is 0 Å². The molecule has 4 heterocycles. The predicted octanol–water partition coefficient (Wildman–Crippen LogP) is 4.02. The quantitative estimate of drug-likeness (QED) is 0.716. The number of piperidine rings is 1. The SMILES string of the molecule is CN(c1ncnc2sccc12)C1CCCC(c2ccnc(Cl)c2)N1. The van der Waals surface area contributed by atoms with Gasteiger partial charge in [-0.15, -0.1) is 11.3 Å². The molecule has 124 valence electrons. The molecule has 0 radical (unpaired) electrons. The van der Waals surface area contributed by atoms with Crippen LogP contribution in [-0.2, 0) is 0 Å². The molecule has 1 fully saturated rings. The molecule has 1 saturated heterocycles. The molecule has 1 N–H and O–H groups in total. The zero-order valence-electron chi connectivity index (χ0n) is 13.3. The maximum atomic E-state index is 6.05. The number of thiophene rings is 1. The molecule has 4 rings (SSSR count). The highest BCUT2D eigenvalue weighted by Crippen LogP contribution is 2.31. The van der Waals surface area contributed by atoms with E-state index in [2.05, 4.69) is 43.7 Å². The third-order valence-corrected chi connectivity index (χ3v) is 5.59. The molecule has 3 aromatic rings. The first kappa shape index (κ1) is 15.7. The Hall–Kier alpha value is -1.76. The van der Waals surface area contributed by atoms with Gasteiger partial charge in [0.2, 0.25) is 0 Å². The van der Waals surface area contributed by atoms with Gasteiger partial charge in [-0.3, -0.25) is 5.32 Å². The van der Waals surface area contributed by atoms with Crippen LogP contribution in [0.1, 0.15) is 30.9 Å². The molecule has 0 aliphatic carbocycles. The van der Waals surface area contributed by atoms with E-state index < -0.39 is 0 Å². The summed E-state index contributed by atoms with van der Waals surface area (Å²) in [6, 6.07) is 6.36. The maximum absolute atomic E-state index is 6.05. The number of hydrogen-bond donors (Lipinski definition) is 1. The standard InChI is InChI=1S/C17H18ClN5S/c1-23(16-12-6-8-24-17(12)21-10-20-16)15-4-2-3-13(22-15)11-5-7-19-14(18)9-11/h5-10,13,15,22H,2-4H2,1H3. The lowest BCUT2D eigenvalue weighted by Crippen LogP contribution is -2.48. The Bertz CT molecular complexity index is 852. The Kier molecular flexibility index (Phi) is 4.35. The molecule has 0 amide bonds. The van der Waals surface area contributed by atoms with Gasteiger partial charge in [0.15, 0.2) is 0 Å². The van der Waals surface area contributed by atoms with E-state index in [0.29, 0.717) is 5.15 Å². The molecule has 0 saturated carbocycles. The lowest BCUT2D eigenvalue weighted by Gasteiger charge is -2.37. The van der Waals surface area contributed by atoms with Crippen LogP contribution in [0.5, 0.6) is 0 Å². The van der Waals surface area contributed by atoms with Gasteiger partial charge >= 0.3 is 0 Å². The van der Waals surface area contributed by atoms with E-state index in [-0.39, 0.29) is 12.2 Å². The fourth-order valence-corrected chi connectivity index (χ4v) is 4.23. The van der Waals surface area contributed by atoms with Crippen LogP contribution in [0.4, 0.5) is 5.82 Å². The summed E-state index contributed by atoms with van der Waals surface area (Å²) in [5.74, 6) is 0.979. The molecule has 0 aromatic carbocycles. The van der Waals surface area contributed by atoms with Crippen LogP contribution in [0.3, 0.4) is 0 Å². The summed E-state index contributed by atoms with van der Waals surface area (Å²) in [5, 5.41) is 7.45. The van der Waals surface area contributed by atoms with Crippen molar-refractivity contribution in [2.24, 2.45) is 0 Å². The van der Waals surface area contributed by atoms with Crippen LogP contribution in [0.2, 0.25) is 5.15 Å². The fourth-order valence-electron chi connectivity index (χ4n) is 3.32. The average Bonchev–Trinajstić information content (AvgIpc) is 3.10. The van der Waals surface area contributed by atoms with E-state index in [1.165, 1.54) is 5.56 Å². The second kappa shape index (κ2) is 6.63. The third-order valence-electron chi connectivity index (χ3n) is 4.56. The zero-order chi connectivity index (χ0) is 16.5. The van der Waals surface area contributed by atoms with Gasteiger partial charge < -0.3 is 4.90 Å². The van der Waals surface area contributed by atoms with Gasteiger partial charge in [0.25, 0.3) is 0 Å². The monoisotopic (exact) mass is 359 g/mol. The predicted molar refractivity (Wildman–Crippen MR) is 98.6 cm³/mol. The topological polar surface area (TPSA) is 53.9 Å². The van der Waals surface area contributed by atoms with Crippen molar-refractivity contribution in [1.29, 1.82) is 0 Å². The molecule has 3 aromatic heterocycles. The third kappa shape index (κ3) is 2.97. The number of pyridine rings is 1. The van der Waals surface area contributed by atoms with Crippen molar-refractivity contribution in [3.63, 3.8) is 0 Å². The summed E-state index contributed by atoms with van der Waals surface area (Å²) in [5.41, 5.74) is 1.19. The molecule has 0 bridgehead atoms. The number of halogens is 1. The molecule has 7 heteroatoms. The maximum Gasteiger partial charge on any atom is 0.141 e. The first-order chi connectivity index (χ1) is 11.7. The van der Waals surface area contributed by atoms with Crippen LogP contribution < -0.4 is 10.2 Å². The minimum Gasteiger partial charge on any atom is -0.343 e. The highest BCUT2D eigenvalue weighted by Gasteiger charge is 2.26. The summed E-state index contributed by atoms with van der Waals surface area (Å²) in [6.45, 7) is 0. The minimum atomic E-state index is 0.230. The molecule has 5 nitrogen and oxygen atoms in total. The van der Waals surface area contributed by atoms with Gasteiger partial charge in [0.05, 0.1) is 11.6 Å². The first-order valence-corrected chi connectivity index (χ1v) is 9.26. The van der Waals surface area contributed by atoms with Crippen molar-refractivity contribution in [2.45, 2.75) is 31.5 Å². The van der Waals surface area contributed by atoms with Gasteiger partial charge in [-0.25, -0.2) is 15.0 Å². The van der Waals surface area contributed by atoms with Crippen LogP contribution in [0.15, 0.2) is 36.1 Å². The van der Waals surface area contributed by atoms with Gasteiger partial charge in [-0.05, 0) is 48.4 Å². The van der Waals surface area contributed by atoms with Gasteiger partial charge in [-0.2, -0.15) is 0 Å². The van der Waals surface area contributed by atoms with Gasteiger partial charge in [0, 0.05) is 19.3 Å². The summed E-state index contributed by atoms with van der Waals surface area (Å²) < 4.78 is 0. The number of nitrogens with zero attached hydrogens (tertiary/aromatic N) is 4. The van der Waals surface area contributed by atoms with E-state index >= 15 is 0 Å². The van der Waals surface area contributed by atoms with Crippen LogP contribution in [0.25, 0.3) is 10.2 Å². The number of fused-ring (bicyclic) bond motifs is 1. The largest absolute Gasteiger partial charge is 0.343 e. The van der Waals surface area contributed by atoms with Crippen LogP contribution in [-0.4, -0.2) is 28.2 Å². The zero-order valence-corrected chi connectivity index (χ0v) is 14.9. The minimum absolute atomic E-state index is 0.230. The Labute approximate surface area is 149 Å². The Morgan fingerprint density at radius 2 is 2.17 bits per heavy atom. The summed E-state index contributed by atoms with van der Waals surface area (Å²) in [6.07, 6.45) is 6.99. The van der Waals surface area contributed by atoms with E-state index in [0.717, 1.165) is 35.3 Å². The van der Waals surface area contributed by atoms with Crippen molar-refractivity contribution in [3.8, 4) is 0 Å². The lowest BCUT2D eigenvalue weighted by molar-refractivity contribution is 0.321. The highest BCUT2D eigenvalue weighted by molar-refractivity contribution is 7.16. The van der Waals surface area contributed by atoms with Crippen LogP contribution in [0, 0.1) is 0 Å². The molecular weight excluding hydrogens is 342 g/mol. The van der Waals surface area contributed by atoms with Crippen LogP contribution >= 0.6 is 22.9 Å². The molecule has 2 atom stereocenters. The molecule has 2 unspecified atom stereocenters. The average molecular weight is 360 g/mol. The summed E-state index contributed by atoms with van der Waals surface area (Å²) in [4.78, 5) is 16.2. The lowest BCUT2D eigenvalue weighted by atomic mass is 9.96.